The van der Waals surface area contributed by atoms with Crippen LogP contribution in [0.3, 0.4) is 0 Å². The van der Waals surface area contributed by atoms with Gasteiger partial charge in [-0.1, -0.05) is 0 Å². The van der Waals surface area contributed by atoms with Crippen LogP contribution in [0.4, 0.5) is 13.2 Å². The van der Waals surface area contributed by atoms with Gasteiger partial charge in [-0.15, -0.1) is 0 Å². The minimum atomic E-state index is -4.49. The van der Waals surface area contributed by atoms with Gasteiger partial charge in [0.1, 0.15) is 10.9 Å². The van der Waals surface area contributed by atoms with Crippen molar-refractivity contribution in [1.29, 1.82) is 0 Å². The number of carbonyl (C=O) groups excluding carboxylic acids is 1. The Morgan fingerprint density at radius 2 is 1.91 bits per heavy atom. The van der Waals surface area contributed by atoms with Crippen molar-refractivity contribution in [2.45, 2.75) is 30.2 Å². The van der Waals surface area contributed by atoms with E-state index in [0.29, 0.717) is 25.0 Å². The van der Waals surface area contributed by atoms with E-state index in [-0.39, 0.29) is 13.0 Å². The second-order valence-electron chi connectivity index (χ2n) is 4.82. The summed E-state index contributed by atoms with van der Waals surface area (Å²) in [5.74, 6) is -5.92. The lowest BCUT2D eigenvalue weighted by Gasteiger charge is -2.32. The van der Waals surface area contributed by atoms with Crippen LogP contribution in [-0.2, 0) is 19.6 Å². The fraction of sp³-hybridized carbons (Fsp3) is 0.462. The quantitative estimate of drug-likeness (QED) is 0.623. The number of benzene rings is 1. The molecule has 1 aliphatic rings. The summed E-state index contributed by atoms with van der Waals surface area (Å²) in [5, 5.41) is 0. The average Bonchev–Trinajstić information content (AvgIpc) is 2.51. The molecule has 122 valence electrons. The number of hydrogen-bond donors (Lipinski definition) is 0. The fourth-order valence-electron chi connectivity index (χ4n) is 2.40. The predicted molar refractivity (Wildman–Crippen MR) is 69.9 cm³/mol. The number of rotatable bonds is 3. The highest BCUT2D eigenvalue weighted by Crippen LogP contribution is 2.28. The van der Waals surface area contributed by atoms with E-state index in [9.17, 15) is 26.4 Å². The van der Waals surface area contributed by atoms with Crippen LogP contribution in [0.5, 0.6) is 0 Å². The van der Waals surface area contributed by atoms with Gasteiger partial charge in [0.05, 0.1) is 7.11 Å². The normalized spacial score (nSPS) is 19.9. The molecule has 0 spiro atoms. The largest absolute Gasteiger partial charge is 0.468 e. The third kappa shape index (κ3) is 2.82. The summed E-state index contributed by atoms with van der Waals surface area (Å²) in [6, 6.07) is 0.0743. The zero-order valence-electron chi connectivity index (χ0n) is 11.7. The second-order valence-corrected chi connectivity index (χ2v) is 6.68. The zero-order valence-corrected chi connectivity index (χ0v) is 12.5. The van der Waals surface area contributed by atoms with Gasteiger partial charge in [-0.05, 0) is 31.4 Å². The summed E-state index contributed by atoms with van der Waals surface area (Å²) in [6.07, 6.45) is 1.29. The van der Waals surface area contributed by atoms with Gasteiger partial charge in [-0.25, -0.2) is 21.6 Å². The van der Waals surface area contributed by atoms with Gasteiger partial charge in [0.2, 0.25) is 10.0 Å². The Hall–Kier alpha value is -1.61. The van der Waals surface area contributed by atoms with Gasteiger partial charge < -0.3 is 4.74 Å². The van der Waals surface area contributed by atoms with Gasteiger partial charge in [0, 0.05) is 6.54 Å². The Morgan fingerprint density at radius 3 is 2.55 bits per heavy atom. The molecular weight excluding hydrogens is 323 g/mol. The third-order valence-corrected chi connectivity index (χ3v) is 5.44. The van der Waals surface area contributed by atoms with Crippen molar-refractivity contribution < 1.29 is 31.1 Å². The van der Waals surface area contributed by atoms with Gasteiger partial charge in [0.25, 0.3) is 0 Å². The summed E-state index contributed by atoms with van der Waals surface area (Å²) in [4.78, 5) is 10.7. The number of carbonyl (C=O) groups is 1. The number of nitrogens with zero attached hydrogens (tertiary/aromatic N) is 1. The summed E-state index contributed by atoms with van der Waals surface area (Å²) >= 11 is 0. The maximum absolute atomic E-state index is 13.8. The second kappa shape index (κ2) is 6.25. The van der Waals surface area contributed by atoms with Gasteiger partial charge >= 0.3 is 5.97 Å². The molecule has 0 unspecified atom stereocenters. The molecule has 0 aliphatic carbocycles. The molecule has 9 heteroatoms. The lowest BCUT2D eigenvalue weighted by Crippen LogP contribution is -2.48. The standard InChI is InChI=1S/C13H14F3NO4S/c1-21-13(18)9-4-2-3-7-17(9)22(19,20)10-6-5-8(14)11(15)12(10)16/h5-6,9H,2-4,7H2,1H3/t9-/m0/s1. The third-order valence-electron chi connectivity index (χ3n) is 3.51. The Bertz CT molecular complexity index is 693. The monoisotopic (exact) mass is 337 g/mol. The van der Waals surface area contributed by atoms with E-state index in [4.69, 9.17) is 0 Å². The molecule has 1 aromatic carbocycles. The van der Waals surface area contributed by atoms with Crippen LogP contribution in [0.25, 0.3) is 0 Å². The highest BCUT2D eigenvalue weighted by Gasteiger charge is 2.40. The molecule has 1 heterocycles. The first kappa shape index (κ1) is 16.8. The molecule has 0 aromatic heterocycles. The lowest BCUT2D eigenvalue weighted by molar-refractivity contribution is -0.146. The summed E-state index contributed by atoms with van der Waals surface area (Å²) in [6.45, 7) is -0.0272. The van der Waals surface area contributed by atoms with E-state index in [1.807, 2.05) is 0 Å². The van der Waals surface area contributed by atoms with Crippen molar-refractivity contribution >= 4 is 16.0 Å². The molecule has 0 saturated carbocycles. The average molecular weight is 337 g/mol. The van der Waals surface area contributed by atoms with E-state index in [1.54, 1.807) is 0 Å². The minimum Gasteiger partial charge on any atom is -0.468 e. The van der Waals surface area contributed by atoms with Gasteiger partial charge in [0.15, 0.2) is 17.5 Å². The first-order valence-electron chi connectivity index (χ1n) is 6.54. The number of esters is 1. The van der Waals surface area contributed by atoms with Crippen LogP contribution in [-0.4, -0.2) is 38.4 Å². The van der Waals surface area contributed by atoms with Crippen molar-refractivity contribution in [3.8, 4) is 0 Å². The number of piperidine rings is 1. The molecule has 1 aliphatic heterocycles. The molecule has 1 saturated heterocycles. The highest BCUT2D eigenvalue weighted by atomic mass is 32.2. The number of hydrogen-bond acceptors (Lipinski definition) is 4. The first-order valence-corrected chi connectivity index (χ1v) is 7.98. The van der Waals surface area contributed by atoms with E-state index in [1.165, 1.54) is 0 Å². The van der Waals surface area contributed by atoms with Gasteiger partial charge in [-0.2, -0.15) is 4.31 Å². The van der Waals surface area contributed by atoms with Crippen molar-refractivity contribution in [3.05, 3.63) is 29.6 Å². The molecule has 1 atom stereocenters. The SMILES string of the molecule is COC(=O)[C@@H]1CCCCN1S(=O)(=O)c1ccc(F)c(F)c1F. The maximum atomic E-state index is 13.8. The Labute approximate surface area is 125 Å². The van der Waals surface area contributed by atoms with Crippen molar-refractivity contribution in [3.63, 3.8) is 0 Å². The molecule has 0 N–H and O–H groups in total. The molecule has 0 radical (unpaired) electrons. The van der Waals surface area contributed by atoms with Crippen LogP contribution in [0, 0.1) is 17.5 Å². The minimum absolute atomic E-state index is 0.0272. The van der Waals surface area contributed by atoms with Crippen LogP contribution in [0.2, 0.25) is 0 Å². The number of sulfonamides is 1. The van der Waals surface area contributed by atoms with E-state index in [2.05, 4.69) is 4.74 Å². The van der Waals surface area contributed by atoms with Crippen molar-refractivity contribution in [1.82, 2.24) is 4.31 Å². The molecule has 22 heavy (non-hydrogen) atoms. The molecule has 1 aromatic rings. The van der Waals surface area contributed by atoms with Crippen molar-refractivity contribution in [2.75, 3.05) is 13.7 Å². The van der Waals surface area contributed by atoms with E-state index < -0.39 is 44.4 Å². The Balaban J connectivity index is 2.49. The van der Waals surface area contributed by atoms with Crippen LogP contribution < -0.4 is 0 Å². The first-order chi connectivity index (χ1) is 10.3. The fourth-order valence-corrected chi connectivity index (χ4v) is 4.10. The predicted octanol–water partition coefficient (Wildman–Crippen LogP) is 1.82. The highest BCUT2D eigenvalue weighted by molar-refractivity contribution is 7.89. The molecule has 0 bridgehead atoms. The molecular formula is C13H14F3NO4S. The molecule has 1 fully saturated rings. The summed E-state index contributed by atoms with van der Waals surface area (Å²) < 4.78 is 70.3. The smallest absolute Gasteiger partial charge is 0.324 e. The number of halogens is 3. The lowest BCUT2D eigenvalue weighted by atomic mass is 10.1. The van der Waals surface area contributed by atoms with Crippen LogP contribution >= 0.6 is 0 Å². The summed E-state index contributed by atoms with van der Waals surface area (Å²) in [5.41, 5.74) is 0. The summed E-state index contributed by atoms with van der Waals surface area (Å²) in [7, 11) is -3.37. The molecule has 5 nitrogen and oxygen atoms in total. The molecule has 0 amide bonds. The zero-order chi connectivity index (χ0) is 16.5. The Kier molecular flexibility index (Phi) is 4.76. The van der Waals surface area contributed by atoms with Crippen molar-refractivity contribution in [2.24, 2.45) is 0 Å². The van der Waals surface area contributed by atoms with Crippen LogP contribution in [0.1, 0.15) is 19.3 Å². The molecule has 2 rings (SSSR count). The topological polar surface area (TPSA) is 63.7 Å². The van der Waals surface area contributed by atoms with E-state index in [0.717, 1.165) is 11.4 Å². The number of ether oxygens (including phenoxy) is 1. The van der Waals surface area contributed by atoms with E-state index >= 15 is 0 Å². The maximum Gasteiger partial charge on any atom is 0.324 e. The Morgan fingerprint density at radius 1 is 1.23 bits per heavy atom. The number of methoxy groups -OCH3 is 1. The van der Waals surface area contributed by atoms with Gasteiger partial charge in [-0.3, -0.25) is 4.79 Å². The van der Waals surface area contributed by atoms with Crippen LogP contribution in [0.15, 0.2) is 17.0 Å².